The summed E-state index contributed by atoms with van der Waals surface area (Å²) in [5.74, 6) is 0.883. The molecule has 0 bridgehead atoms. The predicted molar refractivity (Wildman–Crippen MR) is 95.8 cm³/mol. The van der Waals surface area contributed by atoms with Gasteiger partial charge >= 0.3 is 5.97 Å². The van der Waals surface area contributed by atoms with E-state index in [0.29, 0.717) is 18.4 Å². The first kappa shape index (κ1) is 21.5. The monoisotopic (exact) mass is 312 g/mol. The molecule has 2 unspecified atom stereocenters. The molecular weight excluding hydrogens is 272 g/mol. The van der Waals surface area contributed by atoms with Gasteiger partial charge in [0.2, 0.25) is 0 Å². The molecule has 0 spiro atoms. The molecule has 0 amide bonds. The molecule has 0 aromatic carbocycles. The van der Waals surface area contributed by atoms with E-state index in [0.717, 1.165) is 19.3 Å². The lowest BCUT2D eigenvalue weighted by molar-refractivity contribution is -0.167. The largest absolute Gasteiger partial charge is 0.465 e. The van der Waals surface area contributed by atoms with Crippen molar-refractivity contribution < 1.29 is 9.53 Å². The normalized spacial score (nSPS) is 17.2. The highest BCUT2D eigenvalue weighted by molar-refractivity contribution is 5.77. The second kappa shape index (κ2) is 7.84. The van der Waals surface area contributed by atoms with Crippen LogP contribution in [0.1, 0.15) is 88.5 Å². The van der Waals surface area contributed by atoms with Gasteiger partial charge in [0.15, 0.2) is 0 Å². The van der Waals surface area contributed by atoms with Crippen LogP contribution in [0.15, 0.2) is 0 Å². The number of carbonyl (C=O) groups is 1. The first-order valence-electron chi connectivity index (χ1n) is 8.92. The molecule has 0 aliphatic carbocycles. The minimum absolute atomic E-state index is 0.00282. The fraction of sp³-hybridized carbons (Fsp3) is 0.950. The molecule has 2 nitrogen and oxygen atoms in total. The SMILES string of the molecule is CCC(CC(C)C)(C(=O)OCC(C)CC(C)(C)C)C(C)(C)C. The Labute approximate surface area is 139 Å². The molecule has 0 N–H and O–H groups in total. The Kier molecular flexibility index (Phi) is 7.65. The summed E-state index contributed by atoms with van der Waals surface area (Å²) >= 11 is 0. The van der Waals surface area contributed by atoms with E-state index in [1.165, 1.54) is 0 Å². The van der Waals surface area contributed by atoms with Crippen molar-refractivity contribution in [2.75, 3.05) is 6.61 Å². The van der Waals surface area contributed by atoms with Crippen molar-refractivity contribution in [1.82, 2.24) is 0 Å². The highest BCUT2D eigenvalue weighted by atomic mass is 16.5. The van der Waals surface area contributed by atoms with E-state index in [-0.39, 0.29) is 22.2 Å². The van der Waals surface area contributed by atoms with Crippen LogP contribution < -0.4 is 0 Å². The Morgan fingerprint density at radius 3 is 1.77 bits per heavy atom. The second-order valence-corrected chi connectivity index (χ2v) is 9.75. The van der Waals surface area contributed by atoms with Crippen molar-refractivity contribution in [3.05, 3.63) is 0 Å². The van der Waals surface area contributed by atoms with Crippen molar-refractivity contribution in [2.24, 2.45) is 28.1 Å². The van der Waals surface area contributed by atoms with Gasteiger partial charge in [0, 0.05) is 0 Å². The maximum atomic E-state index is 12.9. The molecular formula is C20H40O2. The summed E-state index contributed by atoms with van der Waals surface area (Å²) in [4.78, 5) is 12.9. The highest BCUT2D eigenvalue weighted by Gasteiger charge is 2.48. The van der Waals surface area contributed by atoms with Gasteiger partial charge in [-0.3, -0.25) is 4.79 Å². The Balaban J connectivity index is 5.00. The van der Waals surface area contributed by atoms with E-state index in [2.05, 4.69) is 69.2 Å². The topological polar surface area (TPSA) is 26.3 Å². The van der Waals surface area contributed by atoms with Gasteiger partial charge in [-0.05, 0) is 41.9 Å². The lowest BCUT2D eigenvalue weighted by atomic mass is 9.61. The molecule has 0 heterocycles. The van der Waals surface area contributed by atoms with Crippen LogP contribution in [0.3, 0.4) is 0 Å². The van der Waals surface area contributed by atoms with Gasteiger partial charge in [-0.2, -0.15) is 0 Å². The standard InChI is InChI=1S/C20H40O2/c1-11-20(12-15(2)3,19(8,9)10)17(21)22-14-16(4)13-18(5,6)7/h15-16H,11-14H2,1-10H3. The van der Waals surface area contributed by atoms with Crippen LogP contribution in [0.2, 0.25) is 0 Å². The Hall–Kier alpha value is -0.530. The third-order valence-electron chi connectivity index (χ3n) is 4.65. The number of hydrogen-bond acceptors (Lipinski definition) is 2. The van der Waals surface area contributed by atoms with Crippen molar-refractivity contribution >= 4 is 5.97 Å². The van der Waals surface area contributed by atoms with E-state index in [1.54, 1.807) is 0 Å². The first-order chi connectivity index (χ1) is 9.75. The van der Waals surface area contributed by atoms with Gasteiger partial charge in [-0.25, -0.2) is 0 Å². The molecule has 0 aromatic heterocycles. The Morgan fingerprint density at radius 2 is 1.45 bits per heavy atom. The van der Waals surface area contributed by atoms with Crippen LogP contribution in [0.4, 0.5) is 0 Å². The molecule has 0 aliphatic rings. The average Bonchev–Trinajstić information content (AvgIpc) is 2.28. The molecule has 0 aliphatic heterocycles. The third-order valence-corrected chi connectivity index (χ3v) is 4.65. The molecule has 0 fully saturated rings. The number of esters is 1. The number of ether oxygens (including phenoxy) is 1. The smallest absolute Gasteiger partial charge is 0.312 e. The van der Waals surface area contributed by atoms with Gasteiger partial charge in [-0.1, -0.05) is 69.2 Å². The first-order valence-corrected chi connectivity index (χ1v) is 8.92. The summed E-state index contributed by atoms with van der Waals surface area (Å²) in [7, 11) is 0. The Bertz CT molecular complexity index is 344. The van der Waals surface area contributed by atoms with E-state index >= 15 is 0 Å². The zero-order valence-corrected chi connectivity index (χ0v) is 16.8. The molecule has 2 heteroatoms. The zero-order chi connectivity index (χ0) is 17.8. The van der Waals surface area contributed by atoms with E-state index in [9.17, 15) is 4.79 Å². The summed E-state index contributed by atoms with van der Waals surface area (Å²) in [6.07, 6.45) is 2.79. The van der Waals surface area contributed by atoms with E-state index < -0.39 is 0 Å². The molecule has 22 heavy (non-hydrogen) atoms. The van der Waals surface area contributed by atoms with Gasteiger partial charge < -0.3 is 4.74 Å². The van der Waals surface area contributed by atoms with Crippen molar-refractivity contribution in [1.29, 1.82) is 0 Å². The summed E-state index contributed by atoms with van der Waals surface area (Å²) in [6.45, 7) is 22.4. The molecule has 0 saturated carbocycles. The third kappa shape index (κ3) is 6.30. The molecule has 0 aromatic rings. The summed E-state index contributed by atoms with van der Waals surface area (Å²) in [5.41, 5.74) is -0.200. The van der Waals surface area contributed by atoms with Crippen LogP contribution in [0.25, 0.3) is 0 Å². The minimum Gasteiger partial charge on any atom is -0.465 e. The zero-order valence-electron chi connectivity index (χ0n) is 16.8. The second-order valence-electron chi connectivity index (χ2n) is 9.75. The molecule has 2 atom stereocenters. The van der Waals surface area contributed by atoms with Crippen LogP contribution in [0.5, 0.6) is 0 Å². The van der Waals surface area contributed by atoms with Crippen molar-refractivity contribution in [3.8, 4) is 0 Å². The van der Waals surface area contributed by atoms with Crippen LogP contribution >= 0.6 is 0 Å². The molecule has 0 rings (SSSR count). The van der Waals surface area contributed by atoms with Crippen LogP contribution in [-0.2, 0) is 9.53 Å². The van der Waals surface area contributed by atoms with Gasteiger partial charge in [0.05, 0.1) is 12.0 Å². The quantitative estimate of drug-likeness (QED) is 0.532. The van der Waals surface area contributed by atoms with E-state index in [4.69, 9.17) is 4.74 Å². The maximum absolute atomic E-state index is 12.9. The summed E-state index contributed by atoms with van der Waals surface area (Å²) in [5, 5.41) is 0. The van der Waals surface area contributed by atoms with Gasteiger partial charge in [0.1, 0.15) is 0 Å². The lowest BCUT2D eigenvalue weighted by Crippen LogP contribution is -2.45. The fourth-order valence-electron chi connectivity index (χ4n) is 3.67. The average molecular weight is 313 g/mol. The van der Waals surface area contributed by atoms with E-state index in [1.807, 2.05) is 0 Å². The van der Waals surface area contributed by atoms with Gasteiger partial charge in [-0.15, -0.1) is 0 Å². The molecule has 132 valence electrons. The fourth-order valence-corrected chi connectivity index (χ4v) is 3.67. The highest BCUT2D eigenvalue weighted by Crippen LogP contribution is 2.47. The van der Waals surface area contributed by atoms with Crippen molar-refractivity contribution in [3.63, 3.8) is 0 Å². The summed E-state index contributed by atoms with van der Waals surface area (Å²) in [6, 6.07) is 0. The van der Waals surface area contributed by atoms with Crippen LogP contribution in [0, 0.1) is 28.1 Å². The molecule has 0 saturated heterocycles. The predicted octanol–water partition coefficient (Wildman–Crippen LogP) is 6.09. The van der Waals surface area contributed by atoms with Crippen molar-refractivity contribution in [2.45, 2.75) is 88.5 Å². The Morgan fingerprint density at radius 1 is 0.955 bits per heavy atom. The van der Waals surface area contributed by atoms with Gasteiger partial charge in [0.25, 0.3) is 0 Å². The maximum Gasteiger partial charge on any atom is 0.312 e. The number of carbonyl (C=O) groups excluding carboxylic acids is 1. The lowest BCUT2D eigenvalue weighted by Gasteiger charge is -2.43. The molecule has 0 radical (unpaired) electrons. The summed E-state index contributed by atoms with van der Waals surface area (Å²) < 4.78 is 5.79. The number of hydrogen-bond donors (Lipinski definition) is 0. The minimum atomic E-state index is -0.386. The van der Waals surface area contributed by atoms with Crippen LogP contribution in [-0.4, -0.2) is 12.6 Å². The number of rotatable bonds is 7.